The van der Waals surface area contributed by atoms with E-state index in [2.05, 4.69) is 72.8 Å². The smallest absolute Gasteiger partial charge is 0.123 e. The lowest BCUT2D eigenvalue weighted by Gasteiger charge is -2.09. The van der Waals surface area contributed by atoms with Gasteiger partial charge in [-0.3, -0.25) is 0 Å². The van der Waals surface area contributed by atoms with Crippen molar-refractivity contribution >= 4 is 0 Å². The van der Waals surface area contributed by atoms with Crippen LogP contribution in [0.1, 0.15) is 0 Å². The van der Waals surface area contributed by atoms with Crippen LogP contribution in [-0.2, 0) is 0 Å². The van der Waals surface area contributed by atoms with Crippen molar-refractivity contribution < 1.29 is 8.78 Å². The standard InChI is InChI=1S/C30H20F2/c31-29-16-12-23(13-17-29)21-4-8-25(9-5-21)27-2-1-3-28(20-27)26-10-6-22(7-11-26)24-14-18-30(32)19-15-24/h1-20H. The highest BCUT2D eigenvalue weighted by atomic mass is 19.1. The summed E-state index contributed by atoms with van der Waals surface area (Å²) in [5, 5.41) is 0. The van der Waals surface area contributed by atoms with Gasteiger partial charge in [-0.05, 0) is 74.8 Å². The van der Waals surface area contributed by atoms with Gasteiger partial charge in [0, 0.05) is 0 Å². The zero-order valence-corrected chi connectivity index (χ0v) is 17.3. The highest BCUT2D eigenvalue weighted by Crippen LogP contribution is 2.30. The molecule has 2 heteroatoms. The minimum Gasteiger partial charge on any atom is -0.207 e. The molecule has 5 aromatic carbocycles. The first-order valence-electron chi connectivity index (χ1n) is 10.5. The van der Waals surface area contributed by atoms with Crippen molar-refractivity contribution in [1.82, 2.24) is 0 Å². The molecule has 5 aromatic rings. The molecular formula is C30H20F2. The summed E-state index contributed by atoms with van der Waals surface area (Å²) in [6, 6.07) is 38.2. The van der Waals surface area contributed by atoms with Crippen LogP contribution in [0.2, 0.25) is 0 Å². The first kappa shape index (κ1) is 19.9. The summed E-state index contributed by atoms with van der Waals surface area (Å²) >= 11 is 0. The molecule has 0 N–H and O–H groups in total. The van der Waals surface area contributed by atoms with Gasteiger partial charge in [-0.25, -0.2) is 8.78 Å². The number of hydrogen-bond acceptors (Lipinski definition) is 0. The Balaban J connectivity index is 1.39. The zero-order valence-electron chi connectivity index (χ0n) is 17.3. The molecule has 0 saturated carbocycles. The van der Waals surface area contributed by atoms with E-state index >= 15 is 0 Å². The summed E-state index contributed by atoms with van der Waals surface area (Å²) in [7, 11) is 0. The second kappa shape index (κ2) is 8.60. The van der Waals surface area contributed by atoms with E-state index in [1.807, 2.05) is 0 Å². The van der Waals surface area contributed by atoms with Crippen LogP contribution < -0.4 is 0 Å². The summed E-state index contributed by atoms with van der Waals surface area (Å²) in [4.78, 5) is 0. The van der Waals surface area contributed by atoms with Gasteiger partial charge < -0.3 is 0 Å². The molecule has 0 nitrogen and oxygen atoms in total. The molecule has 32 heavy (non-hydrogen) atoms. The molecule has 0 bridgehead atoms. The third-order valence-electron chi connectivity index (χ3n) is 5.65. The van der Waals surface area contributed by atoms with Gasteiger partial charge in [-0.15, -0.1) is 0 Å². The SMILES string of the molecule is Fc1ccc(-c2ccc(-c3cccc(-c4ccc(-c5ccc(F)cc5)cc4)c3)cc2)cc1. The normalized spacial score (nSPS) is 10.8. The van der Waals surface area contributed by atoms with Gasteiger partial charge in [0.15, 0.2) is 0 Å². The summed E-state index contributed by atoms with van der Waals surface area (Å²) in [5.74, 6) is -0.458. The van der Waals surface area contributed by atoms with Crippen LogP contribution in [0, 0.1) is 11.6 Å². The lowest BCUT2D eigenvalue weighted by atomic mass is 9.96. The Labute approximate surface area is 186 Å². The third kappa shape index (κ3) is 4.21. The molecule has 0 fully saturated rings. The Morgan fingerprint density at radius 1 is 0.281 bits per heavy atom. The number of halogens is 2. The van der Waals surface area contributed by atoms with Gasteiger partial charge in [0.05, 0.1) is 0 Å². The van der Waals surface area contributed by atoms with Gasteiger partial charge >= 0.3 is 0 Å². The largest absolute Gasteiger partial charge is 0.207 e. The minimum absolute atomic E-state index is 0.229. The van der Waals surface area contributed by atoms with Crippen LogP contribution in [0.15, 0.2) is 121 Å². The fourth-order valence-corrected chi connectivity index (χ4v) is 3.87. The Hall–Kier alpha value is -4.04. The van der Waals surface area contributed by atoms with Crippen LogP contribution in [0.5, 0.6) is 0 Å². The molecule has 0 unspecified atom stereocenters. The lowest BCUT2D eigenvalue weighted by molar-refractivity contribution is 0.627. The first-order valence-corrected chi connectivity index (χ1v) is 10.5. The van der Waals surface area contributed by atoms with Crippen molar-refractivity contribution in [3.05, 3.63) is 133 Å². The van der Waals surface area contributed by atoms with E-state index < -0.39 is 0 Å². The van der Waals surface area contributed by atoms with Gasteiger partial charge in [0.2, 0.25) is 0 Å². The average Bonchev–Trinajstić information content (AvgIpc) is 2.85. The van der Waals surface area contributed by atoms with E-state index in [-0.39, 0.29) is 11.6 Å². The summed E-state index contributed by atoms with van der Waals surface area (Å²) in [6.45, 7) is 0. The summed E-state index contributed by atoms with van der Waals surface area (Å²) in [5.41, 5.74) is 8.62. The number of rotatable bonds is 4. The average molecular weight is 418 g/mol. The maximum atomic E-state index is 13.2. The Morgan fingerprint density at radius 3 is 0.844 bits per heavy atom. The molecule has 0 amide bonds. The molecule has 0 aliphatic carbocycles. The molecule has 0 aliphatic rings. The van der Waals surface area contributed by atoms with Crippen molar-refractivity contribution in [2.75, 3.05) is 0 Å². The second-order valence-electron chi connectivity index (χ2n) is 7.75. The van der Waals surface area contributed by atoms with Crippen molar-refractivity contribution in [2.45, 2.75) is 0 Å². The van der Waals surface area contributed by atoms with E-state index in [0.717, 1.165) is 44.5 Å². The van der Waals surface area contributed by atoms with Crippen LogP contribution in [-0.4, -0.2) is 0 Å². The second-order valence-corrected chi connectivity index (χ2v) is 7.75. The Morgan fingerprint density at radius 2 is 0.531 bits per heavy atom. The third-order valence-corrected chi connectivity index (χ3v) is 5.65. The van der Waals surface area contributed by atoms with E-state index in [9.17, 15) is 8.78 Å². The monoisotopic (exact) mass is 418 g/mol. The highest BCUT2D eigenvalue weighted by molar-refractivity contribution is 5.76. The van der Waals surface area contributed by atoms with E-state index in [4.69, 9.17) is 0 Å². The topological polar surface area (TPSA) is 0 Å². The molecule has 0 heterocycles. The van der Waals surface area contributed by atoms with Crippen LogP contribution in [0.4, 0.5) is 8.78 Å². The fourth-order valence-electron chi connectivity index (χ4n) is 3.87. The van der Waals surface area contributed by atoms with Crippen LogP contribution >= 0.6 is 0 Å². The van der Waals surface area contributed by atoms with E-state index in [1.54, 1.807) is 24.3 Å². The van der Waals surface area contributed by atoms with Crippen molar-refractivity contribution in [3.8, 4) is 44.5 Å². The highest BCUT2D eigenvalue weighted by Gasteiger charge is 2.05. The van der Waals surface area contributed by atoms with Gasteiger partial charge in [-0.1, -0.05) is 91.0 Å². The maximum absolute atomic E-state index is 13.2. The summed E-state index contributed by atoms with van der Waals surface area (Å²) in [6.07, 6.45) is 0. The first-order chi connectivity index (χ1) is 15.7. The maximum Gasteiger partial charge on any atom is 0.123 e. The van der Waals surface area contributed by atoms with Crippen molar-refractivity contribution in [2.24, 2.45) is 0 Å². The number of hydrogen-bond donors (Lipinski definition) is 0. The van der Waals surface area contributed by atoms with Gasteiger partial charge in [0.25, 0.3) is 0 Å². The zero-order chi connectivity index (χ0) is 21.9. The molecule has 154 valence electrons. The minimum atomic E-state index is -0.229. The molecule has 0 aliphatic heterocycles. The van der Waals surface area contributed by atoms with Gasteiger partial charge in [0.1, 0.15) is 11.6 Å². The number of benzene rings is 5. The fraction of sp³-hybridized carbons (Fsp3) is 0. The van der Waals surface area contributed by atoms with Crippen LogP contribution in [0.3, 0.4) is 0 Å². The lowest BCUT2D eigenvalue weighted by Crippen LogP contribution is -1.84. The van der Waals surface area contributed by atoms with Crippen molar-refractivity contribution in [3.63, 3.8) is 0 Å². The van der Waals surface area contributed by atoms with Gasteiger partial charge in [-0.2, -0.15) is 0 Å². The van der Waals surface area contributed by atoms with E-state index in [0.29, 0.717) is 0 Å². The molecule has 0 spiro atoms. The molecule has 0 atom stereocenters. The molecule has 5 rings (SSSR count). The predicted molar refractivity (Wildman–Crippen MR) is 128 cm³/mol. The van der Waals surface area contributed by atoms with E-state index in [1.165, 1.54) is 24.3 Å². The molecule has 0 radical (unpaired) electrons. The Bertz CT molecular complexity index is 1230. The molecular weight excluding hydrogens is 398 g/mol. The Kier molecular flexibility index (Phi) is 5.35. The molecule has 0 saturated heterocycles. The van der Waals surface area contributed by atoms with Crippen LogP contribution in [0.25, 0.3) is 44.5 Å². The summed E-state index contributed by atoms with van der Waals surface area (Å²) < 4.78 is 26.3. The molecule has 0 aromatic heterocycles. The predicted octanol–water partition coefficient (Wildman–Crippen LogP) is 8.63. The quantitative estimate of drug-likeness (QED) is 0.274. The van der Waals surface area contributed by atoms with Crippen molar-refractivity contribution in [1.29, 1.82) is 0 Å².